The highest BCUT2D eigenvalue weighted by atomic mass is 16.3. The van der Waals surface area contributed by atoms with Gasteiger partial charge in [0.05, 0.1) is 16.7 Å². The first-order valence-electron chi connectivity index (χ1n) is 22.4. The first-order chi connectivity index (χ1) is 31.2. The zero-order chi connectivity index (χ0) is 43.5. The van der Waals surface area contributed by atoms with Crippen LogP contribution in [0.15, 0.2) is 168 Å². The molecule has 0 aliphatic carbocycles. The SMILES string of the molecule is Bc1c(B)c(B)c2c(c1B)c1c(B)c(-c3ccc4c(c3)c3ccc(-c5ccccc5)cc3n4-c3cccc(-c4ccccc4)c3)c(B)c(B)c1n2-c1cccc2c1oc1ccccc12. The van der Waals surface area contributed by atoms with Crippen molar-refractivity contribution < 1.29 is 4.42 Å². The van der Waals surface area contributed by atoms with Crippen molar-refractivity contribution in [2.24, 2.45) is 0 Å². The van der Waals surface area contributed by atoms with Crippen molar-refractivity contribution in [3.8, 4) is 44.8 Å². The van der Waals surface area contributed by atoms with Gasteiger partial charge in [-0.05, 0) is 81.2 Å². The van der Waals surface area contributed by atoms with Gasteiger partial charge >= 0.3 is 0 Å². The Hall–Kier alpha value is -7.17. The molecule has 12 aromatic rings. The van der Waals surface area contributed by atoms with Gasteiger partial charge in [-0.1, -0.05) is 154 Å². The summed E-state index contributed by atoms with van der Waals surface area (Å²) in [6.45, 7) is 0. The molecule has 0 aliphatic heterocycles. The molecule has 0 bridgehead atoms. The molecule has 0 fully saturated rings. The fourth-order valence-corrected chi connectivity index (χ4v) is 11.0. The minimum atomic E-state index is 0.911. The lowest BCUT2D eigenvalue weighted by molar-refractivity contribution is 0.666. The number of nitrogens with zero attached hydrogens (tertiary/aromatic N) is 2. The summed E-state index contributed by atoms with van der Waals surface area (Å²) in [5.74, 6) is 0. The molecule has 3 heterocycles. The smallest absolute Gasteiger partial charge is 0.159 e. The average Bonchev–Trinajstić information content (AvgIpc) is 4.01. The minimum absolute atomic E-state index is 0.911. The van der Waals surface area contributed by atoms with Gasteiger partial charge in [0.25, 0.3) is 0 Å². The Balaban J connectivity index is 1.14. The zero-order valence-corrected chi connectivity index (χ0v) is 37.4. The topological polar surface area (TPSA) is 23.0 Å². The van der Waals surface area contributed by atoms with E-state index in [0.717, 1.165) is 33.3 Å². The summed E-state index contributed by atoms with van der Waals surface area (Å²) in [5, 5.41) is 7.41. The normalized spacial score (nSPS) is 11.9. The molecule has 10 heteroatoms. The van der Waals surface area contributed by atoms with E-state index in [-0.39, 0.29) is 0 Å². The molecule has 0 amide bonds. The standard InChI is InChI=1S/C54H41B7N2O/c55-45-42(46(56)50(60)52-43(45)44-47(57)48(58)49(59)51(61)53(44)63(52)39-19-10-18-36-35-17-7-8-20-41(35)64-54(36)39)32-22-24-38-37(26-32)34-23-21-31(29-13-5-2-6-14-29)27-40(34)62(38)33-16-9-15-30(25-33)28-11-3-1-4-12-28/h1-27H,55-61H2. The number of furan rings is 1. The Morgan fingerprint density at radius 3 is 1.69 bits per heavy atom. The van der Waals surface area contributed by atoms with E-state index in [4.69, 9.17) is 4.42 Å². The summed E-state index contributed by atoms with van der Waals surface area (Å²) < 4.78 is 11.8. The lowest BCUT2D eigenvalue weighted by atomic mass is 9.64. The van der Waals surface area contributed by atoms with Crippen LogP contribution in [0.25, 0.3) is 110 Å². The van der Waals surface area contributed by atoms with Crippen LogP contribution >= 0.6 is 0 Å². The Labute approximate surface area is 379 Å². The molecule has 0 spiro atoms. The second-order valence-corrected chi connectivity index (χ2v) is 17.9. The molecule has 3 aromatic heterocycles. The van der Waals surface area contributed by atoms with Crippen molar-refractivity contribution >= 4 is 159 Å². The zero-order valence-electron chi connectivity index (χ0n) is 37.4. The van der Waals surface area contributed by atoms with Gasteiger partial charge < -0.3 is 13.6 Å². The molecule has 0 aliphatic rings. The number of hydrogen-bond acceptors (Lipinski definition) is 1. The van der Waals surface area contributed by atoms with Crippen molar-refractivity contribution in [2.45, 2.75) is 0 Å². The Bertz CT molecular complexity index is 3930. The Morgan fingerprint density at radius 1 is 0.344 bits per heavy atom. The van der Waals surface area contributed by atoms with Crippen molar-refractivity contribution in [3.05, 3.63) is 164 Å². The predicted octanol–water partition coefficient (Wildman–Crippen LogP) is 2.59. The molecule has 3 nitrogen and oxygen atoms in total. The maximum atomic E-state index is 6.77. The van der Waals surface area contributed by atoms with E-state index in [1.807, 2.05) is 0 Å². The van der Waals surface area contributed by atoms with E-state index < -0.39 is 0 Å². The molecule has 0 atom stereocenters. The Kier molecular flexibility index (Phi) is 8.69. The molecule has 9 aromatic carbocycles. The van der Waals surface area contributed by atoms with E-state index in [1.165, 1.54) is 115 Å². The number of benzene rings is 9. The largest absolute Gasteiger partial charge is 0.454 e. The average molecular weight is 810 g/mol. The predicted molar refractivity (Wildman–Crippen MR) is 296 cm³/mol. The summed E-state index contributed by atoms with van der Waals surface area (Å²) in [6.07, 6.45) is 0. The molecule has 0 saturated carbocycles. The van der Waals surface area contributed by atoms with Crippen molar-refractivity contribution in [2.75, 3.05) is 0 Å². The third-order valence-electron chi connectivity index (χ3n) is 14.6. The summed E-state index contributed by atoms with van der Waals surface area (Å²) >= 11 is 0. The number of rotatable bonds is 5. The fraction of sp³-hybridized carbons (Fsp3) is 0. The molecular formula is C54H41B7N2O. The van der Waals surface area contributed by atoms with Gasteiger partial charge in [-0.2, -0.15) is 0 Å². The van der Waals surface area contributed by atoms with E-state index in [0.29, 0.717) is 0 Å². The minimum Gasteiger partial charge on any atom is -0.454 e. The molecule has 0 saturated heterocycles. The first-order valence-corrected chi connectivity index (χ1v) is 22.4. The highest BCUT2D eigenvalue weighted by molar-refractivity contribution is 6.69. The number of hydrogen-bond donors (Lipinski definition) is 0. The van der Waals surface area contributed by atoms with Crippen LogP contribution in [-0.2, 0) is 0 Å². The summed E-state index contributed by atoms with van der Waals surface area (Å²) in [5.41, 5.74) is 25.5. The van der Waals surface area contributed by atoms with Crippen LogP contribution in [0.5, 0.6) is 0 Å². The second kappa shape index (κ2) is 14.4. The number of para-hydroxylation sites is 2. The second-order valence-electron chi connectivity index (χ2n) is 17.9. The summed E-state index contributed by atoms with van der Waals surface area (Å²) in [4.78, 5) is 0. The summed E-state index contributed by atoms with van der Waals surface area (Å²) in [7, 11) is 16.2. The number of fused-ring (bicyclic) bond motifs is 9. The van der Waals surface area contributed by atoms with Crippen LogP contribution < -0.4 is 38.2 Å². The monoisotopic (exact) mass is 810 g/mol. The maximum Gasteiger partial charge on any atom is 0.159 e. The highest BCUT2D eigenvalue weighted by Gasteiger charge is 2.27. The van der Waals surface area contributed by atoms with Gasteiger partial charge in [0, 0.05) is 43.7 Å². The third-order valence-corrected chi connectivity index (χ3v) is 14.6. The van der Waals surface area contributed by atoms with E-state index in [9.17, 15) is 0 Å². The van der Waals surface area contributed by atoms with Gasteiger partial charge in [-0.3, -0.25) is 0 Å². The van der Waals surface area contributed by atoms with Gasteiger partial charge in [-0.15, -0.1) is 5.46 Å². The molecule has 12 rings (SSSR count). The van der Waals surface area contributed by atoms with Gasteiger partial charge in [0.2, 0.25) is 0 Å². The van der Waals surface area contributed by atoms with Crippen LogP contribution in [0.3, 0.4) is 0 Å². The molecule has 64 heavy (non-hydrogen) atoms. The fourth-order valence-electron chi connectivity index (χ4n) is 11.0. The van der Waals surface area contributed by atoms with Crippen molar-refractivity contribution in [1.82, 2.24) is 9.13 Å². The Morgan fingerprint density at radius 2 is 0.938 bits per heavy atom. The number of aromatic nitrogens is 2. The van der Waals surface area contributed by atoms with Crippen molar-refractivity contribution in [3.63, 3.8) is 0 Å². The van der Waals surface area contributed by atoms with Crippen LogP contribution in [0, 0.1) is 0 Å². The lowest BCUT2D eigenvalue weighted by Crippen LogP contribution is -2.48. The first kappa shape index (κ1) is 38.5. The molecule has 294 valence electrons. The van der Waals surface area contributed by atoms with Gasteiger partial charge in [0.1, 0.15) is 60.5 Å². The highest BCUT2D eigenvalue weighted by Crippen LogP contribution is 2.40. The quantitative estimate of drug-likeness (QED) is 0.246. The molecule has 0 unspecified atom stereocenters. The molecular weight excluding hydrogens is 768 g/mol. The molecule has 0 radical (unpaired) electrons. The van der Waals surface area contributed by atoms with E-state index in [1.54, 1.807) is 0 Å². The maximum absolute atomic E-state index is 6.77. The van der Waals surface area contributed by atoms with Crippen LogP contribution in [0.2, 0.25) is 0 Å². The van der Waals surface area contributed by atoms with Gasteiger partial charge in [-0.25, -0.2) is 0 Å². The van der Waals surface area contributed by atoms with E-state index in [2.05, 4.69) is 228 Å². The van der Waals surface area contributed by atoms with Crippen LogP contribution in [-0.4, -0.2) is 64.1 Å². The van der Waals surface area contributed by atoms with Crippen LogP contribution in [0.4, 0.5) is 0 Å². The van der Waals surface area contributed by atoms with Gasteiger partial charge in [0.15, 0.2) is 5.58 Å². The van der Waals surface area contributed by atoms with Crippen LogP contribution in [0.1, 0.15) is 0 Å². The van der Waals surface area contributed by atoms with Crippen molar-refractivity contribution in [1.29, 1.82) is 0 Å². The lowest BCUT2D eigenvalue weighted by Gasteiger charge is -2.19. The van der Waals surface area contributed by atoms with E-state index >= 15 is 0 Å². The summed E-state index contributed by atoms with van der Waals surface area (Å²) in [6, 6.07) is 59.6. The third kappa shape index (κ3) is 5.51. The molecule has 0 N–H and O–H groups in total.